The second-order valence-electron chi connectivity index (χ2n) is 21.2. The number of aliphatic hydroxyl groups excluding tert-OH is 1. The van der Waals surface area contributed by atoms with Gasteiger partial charge in [-0.2, -0.15) is 0 Å². The lowest BCUT2D eigenvalue weighted by molar-refractivity contribution is -0.161. The van der Waals surface area contributed by atoms with Crippen molar-refractivity contribution in [2.24, 2.45) is 0 Å². The molecule has 3 atom stereocenters. The topological polar surface area (TPSA) is 155 Å². The molecule has 0 heterocycles. The third-order valence-corrected chi connectivity index (χ3v) is 14.4. The number of aliphatic hydroxyl groups is 1. The molecule has 3 unspecified atom stereocenters. The molecular formula is C68H117O11P. The number of phosphoric acid groups is 1. The summed E-state index contributed by atoms with van der Waals surface area (Å²) in [6.45, 7) is 4.48. The Balaban J connectivity index is 4.75. The first-order chi connectivity index (χ1) is 39.2. The van der Waals surface area contributed by atoms with E-state index in [2.05, 4.69) is 118 Å². The van der Waals surface area contributed by atoms with Gasteiger partial charge in [0.15, 0.2) is 6.10 Å². The van der Waals surface area contributed by atoms with Gasteiger partial charge in [0.2, 0.25) is 0 Å². The van der Waals surface area contributed by atoms with E-state index in [1.165, 1.54) is 77.0 Å². The molecule has 2 N–H and O–H groups in total. The van der Waals surface area contributed by atoms with Gasteiger partial charge >= 0.3 is 25.7 Å². The number of carbonyl (C=O) groups is 3. The van der Waals surface area contributed by atoms with Crippen LogP contribution in [-0.4, -0.2) is 66.5 Å². The van der Waals surface area contributed by atoms with Crippen molar-refractivity contribution in [3.8, 4) is 0 Å². The van der Waals surface area contributed by atoms with Crippen LogP contribution in [0.4, 0.5) is 0 Å². The fraction of sp³-hybridized carbons (Fsp3) is 0.721. The Morgan fingerprint density at radius 3 is 1.00 bits per heavy atom. The molecule has 12 heteroatoms. The van der Waals surface area contributed by atoms with Crippen molar-refractivity contribution in [1.29, 1.82) is 0 Å². The summed E-state index contributed by atoms with van der Waals surface area (Å²) in [7, 11) is -4.77. The highest BCUT2D eigenvalue weighted by molar-refractivity contribution is 7.47. The van der Waals surface area contributed by atoms with Crippen molar-refractivity contribution >= 4 is 25.7 Å². The Morgan fingerprint density at radius 1 is 0.362 bits per heavy atom. The zero-order valence-corrected chi connectivity index (χ0v) is 51.9. The lowest BCUT2D eigenvalue weighted by atomic mass is 10.1. The molecule has 0 aromatic heterocycles. The van der Waals surface area contributed by atoms with Crippen LogP contribution in [0.15, 0.2) is 97.2 Å². The number of hydrogen-bond donors (Lipinski definition) is 2. The van der Waals surface area contributed by atoms with Crippen LogP contribution in [0.1, 0.15) is 278 Å². The fourth-order valence-corrected chi connectivity index (χ4v) is 9.37. The number of ether oxygens (including phenoxy) is 3. The van der Waals surface area contributed by atoms with Gasteiger partial charge in [0.05, 0.1) is 19.8 Å². The summed E-state index contributed by atoms with van der Waals surface area (Å²) in [5, 5.41) is 9.86. The summed E-state index contributed by atoms with van der Waals surface area (Å²) in [5.74, 6) is -1.49. The molecule has 0 fully saturated rings. The first kappa shape index (κ1) is 76.4. The highest BCUT2D eigenvalue weighted by Crippen LogP contribution is 2.43. The minimum atomic E-state index is -4.77. The van der Waals surface area contributed by atoms with Crippen molar-refractivity contribution in [2.45, 2.75) is 290 Å². The van der Waals surface area contributed by atoms with Gasteiger partial charge in [-0.15, -0.1) is 0 Å². The van der Waals surface area contributed by atoms with Crippen LogP contribution >= 0.6 is 7.82 Å². The maximum Gasteiger partial charge on any atom is 0.472 e. The molecule has 0 saturated carbocycles. The monoisotopic (exact) mass is 1140 g/mol. The Morgan fingerprint density at radius 2 is 0.650 bits per heavy atom. The Hall–Kier alpha value is -3.60. The molecule has 0 rings (SSSR count). The number of unbranched alkanes of at least 4 members (excludes halogenated alkanes) is 26. The minimum Gasteiger partial charge on any atom is -0.462 e. The van der Waals surface area contributed by atoms with Gasteiger partial charge in [-0.3, -0.25) is 23.4 Å². The first-order valence-corrected chi connectivity index (χ1v) is 33.6. The molecule has 0 aromatic carbocycles. The molecule has 0 aliphatic carbocycles. The van der Waals surface area contributed by atoms with Crippen LogP contribution < -0.4 is 0 Å². The van der Waals surface area contributed by atoms with Crippen molar-refractivity contribution in [2.75, 3.05) is 26.4 Å². The Bertz CT molecular complexity index is 1710. The maximum absolute atomic E-state index is 13.0. The predicted octanol–water partition coefficient (Wildman–Crippen LogP) is 19.6. The van der Waals surface area contributed by atoms with E-state index in [4.69, 9.17) is 23.3 Å². The molecule has 0 saturated heterocycles. The van der Waals surface area contributed by atoms with Crippen LogP contribution in [0.3, 0.4) is 0 Å². The zero-order chi connectivity index (χ0) is 58.3. The van der Waals surface area contributed by atoms with Gasteiger partial charge < -0.3 is 24.2 Å². The van der Waals surface area contributed by atoms with Crippen LogP contribution in [0.25, 0.3) is 0 Å². The average molecular weight is 1140 g/mol. The molecule has 0 spiro atoms. The van der Waals surface area contributed by atoms with E-state index in [0.29, 0.717) is 19.3 Å². The second-order valence-corrected chi connectivity index (χ2v) is 22.6. The standard InChI is InChI=1S/C68H117O11P/c1-4-7-10-13-16-19-22-25-28-31-32-35-38-41-44-47-50-53-56-59-68(72)79-65(61-75-66(70)57-54-51-48-45-42-39-36-33-29-26-23-20-17-14-11-8-5-2)63-77-80(73,74)76-62-64(60-69)78-67(71)58-55-52-49-46-43-40-37-34-30-27-24-21-18-15-12-9-6-3/h7,10,16-21,25-30,32,35,64-65,69H,4-6,8-9,11-15,22-24,31,33-34,36-63H2,1-3H3,(H,73,74)/b10-7-,19-16-,20-17-,21-18-,28-25-,29-26-,30-27-,35-32-. The van der Waals surface area contributed by atoms with Crippen LogP contribution in [-0.2, 0) is 42.2 Å². The van der Waals surface area contributed by atoms with E-state index >= 15 is 0 Å². The third-order valence-electron chi connectivity index (χ3n) is 13.5. The average Bonchev–Trinajstić information content (AvgIpc) is 3.45. The van der Waals surface area contributed by atoms with Gasteiger partial charge in [-0.05, 0) is 122 Å². The first-order valence-electron chi connectivity index (χ1n) is 32.1. The number of hydrogen-bond acceptors (Lipinski definition) is 10. The number of phosphoric ester groups is 1. The minimum absolute atomic E-state index is 0.146. The quantitative estimate of drug-likeness (QED) is 0.0197. The molecule has 0 aromatic rings. The van der Waals surface area contributed by atoms with Gasteiger partial charge in [0.25, 0.3) is 0 Å². The van der Waals surface area contributed by atoms with Gasteiger partial charge in [0.1, 0.15) is 12.7 Å². The summed E-state index contributed by atoms with van der Waals surface area (Å²) in [5.41, 5.74) is 0. The predicted molar refractivity (Wildman–Crippen MR) is 334 cm³/mol. The van der Waals surface area contributed by atoms with Crippen molar-refractivity contribution in [3.63, 3.8) is 0 Å². The highest BCUT2D eigenvalue weighted by Gasteiger charge is 2.28. The second kappa shape index (κ2) is 61.5. The molecule has 0 amide bonds. The van der Waals surface area contributed by atoms with Crippen LogP contribution in [0, 0.1) is 0 Å². The largest absolute Gasteiger partial charge is 0.472 e. The van der Waals surface area contributed by atoms with Crippen molar-refractivity contribution < 1.29 is 52.2 Å². The maximum atomic E-state index is 13.0. The van der Waals surface area contributed by atoms with E-state index < -0.39 is 57.8 Å². The molecule has 0 aliphatic rings. The number of rotatable bonds is 59. The van der Waals surface area contributed by atoms with Crippen molar-refractivity contribution in [3.05, 3.63) is 97.2 Å². The number of esters is 3. The number of allylic oxidation sites excluding steroid dienone is 16. The number of carbonyl (C=O) groups excluding carboxylic acids is 3. The normalized spacial score (nSPS) is 13.9. The van der Waals surface area contributed by atoms with Gasteiger partial charge in [-0.25, -0.2) is 4.57 Å². The van der Waals surface area contributed by atoms with Crippen LogP contribution in [0.5, 0.6) is 0 Å². The fourth-order valence-electron chi connectivity index (χ4n) is 8.58. The Kier molecular flexibility index (Phi) is 58.7. The van der Waals surface area contributed by atoms with Gasteiger partial charge in [-0.1, -0.05) is 234 Å². The van der Waals surface area contributed by atoms with E-state index in [1.807, 2.05) is 0 Å². The highest BCUT2D eigenvalue weighted by atomic mass is 31.2. The van der Waals surface area contributed by atoms with E-state index in [0.717, 1.165) is 141 Å². The molecule has 80 heavy (non-hydrogen) atoms. The summed E-state index contributed by atoms with van der Waals surface area (Å²) in [6, 6.07) is 0. The molecule has 0 bridgehead atoms. The van der Waals surface area contributed by atoms with E-state index in [1.54, 1.807) is 0 Å². The summed E-state index contributed by atoms with van der Waals surface area (Å²) in [4.78, 5) is 48.8. The molecule has 11 nitrogen and oxygen atoms in total. The Labute approximate surface area is 489 Å². The third kappa shape index (κ3) is 59.0. The lowest BCUT2D eigenvalue weighted by Gasteiger charge is -2.21. The molecular weight excluding hydrogens is 1020 g/mol. The van der Waals surface area contributed by atoms with Crippen LogP contribution in [0.2, 0.25) is 0 Å². The smallest absolute Gasteiger partial charge is 0.462 e. The van der Waals surface area contributed by atoms with E-state index in [-0.39, 0.29) is 25.9 Å². The molecule has 0 radical (unpaired) electrons. The SMILES string of the molecule is CC/C=C\C/C=C\C/C=C\C/C=C\CCCCCCCCC(=O)OC(COC(=O)CCCCCCCCC/C=C\C/C=C\CCCCC)COP(=O)(O)OCC(CO)OC(=O)CCCCCCCCC/C=C\C/C=C\CCCCC. The zero-order valence-electron chi connectivity index (χ0n) is 51.0. The van der Waals surface area contributed by atoms with Crippen molar-refractivity contribution in [1.82, 2.24) is 0 Å². The lowest BCUT2D eigenvalue weighted by Crippen LogP contribution is -2.30. The molecule has 0 aliphatic heterocycles. The van der Waals surface area contributed by atoms with E-state index in [9.17, 15) is 28.9 Å². The summed E-state index contributed by atoms with van der Waals surface area (Å²) >= 11 is 0. The molecule has 460 valence electrons. The summed E-state index contributed by atoms with van der Waals surface area (Å²) in [6.07, 6.45) is 73.4. The van der Waals surface area contributed by atoms with Gasteiger partial charge in [0, 0.05) is 19.3 Å². The summed E-state index contributed by atoms with van der Waals surface area (Å²) < 4.78 is 39.7.